The minimum absolute atomic E-state index is 0.195. The number of phenols is 1. The Kier molecular flexibility index (Phi) is 4.10. The molecule has 0 heterocycles. The predicted octanol–water partition coefficient (Wildman–Crippen LogP) is 2.90. The number of nitrogens with two attached hydrogens (primary N) is 1. The number of para-hydroxylation sites is 1. The highest BCUT2D eigenvalue weighted by Crippen LogP contribution is 2.24. The van der Waals surface area contributed by atoms with Crippen LogP contribution in [0.4, 0.5) is 10.1 Å². The minimum Gasteiger partial charge on any atom is -0.505 e. The molecule has 0 aliphatic heterocycles. The summed E-state index contributed by atoms with van der Waals surface area (Å²) >= 11 is 5.84. The van der Waals surface area contributed by atoms with Gasteiger partial charge >= 0.3 is 0 Å². The fourth-order valence-corrected chi connectivity index (χ4v) is 1.93. The largest absolute Gasteiger partial charge is 0.505 e. The molecule has 0 radical (unpaired) electrons. The number of carbonyl (C=O) groups excluding carboxylic acids is 1. The van der Waals surface area contributed by atoms with Gasteiger partial charge in [0.15, 0.2) is 11.6 Å². The lowest BCUT2D eigenvalue weighted by molar-refractivity contribution is 0.100. The Morgan fingerprint density at radius 1 is 1.35 bits per heavy atom. The Morgan fingerprint density at radius 3 is 2.80 bits per heavy atom. The molecule has 0 atom stereocenters. The van der Waals surface area contributed by atoms with E-state index < -0.39 is 17.5 Å². The number of phenolic OH excluding ortho intramolecular Hbond substituents is 1. The van der Waals surface area contributed by atoms with Crippen molar-refractivity contribution in [2.45, 2.75) is 6.54 Å². The van der Waals surface area contributed by atoms with Crippen molar-refractivity contribution in [2.24, 2.45) is 5.73 Å². The van der Waals surface area contributed by atoms with Crippen LogP contribution in [0.1, 0.15) is 15.9 Å². The Labute approximate surface area is 120 Å². The van der Waals surface area contributed by atoms with Crippen LogP contribution in [0.25, 0.3) is 0 Å². The maximum Gasteiger partial charge on any atom is 0.250 e. The second-order valence-electron chi connectivity index (χ2n) is 4.16. The third-order valence-corrected chi connectivity index (χ3v) is 3.11. The summed E-state index contributed by atoms with van der Waals surface area (Å²) in [4.78, 5) is 11.2. The number of rotatable bonds is 4. The number of halogens is 2. The smallest absolute Gasteiger partial charge is 0.250 e. The van der Waals surface area contributed by atoms with E-state index in [1.54, 1.807) is 12.1 Å². The number of carbonyl (C=O) groups is 1. The number of aromatic hydroxyl groups is 1. The molecular formula is C14H12ClFN2O2. The fourth-order valence-electron chi connectivity index (χ4n) is 1.72. The second kappa shape index (κ2) is 5.79. The lowest BCUT2D eigenvalue weighted by atomic mass is 10.1. The van der Waals surface area contributed by atoms with Crippen molar-refractivity contribution in [2.75, 3.05) is 5.32 Å². The zero-order valence-corrected chi connectivity index (χ0v) is 11.1. The summed E-state index contributed by atoms with van der Waals surface area (Å²) < 4.78 is 13.2. The fraction of sp³-hybridized carbons (Fsp3) is 0.0714. The molecule has 0 fully saturated rings. The average Bonchev–Trinajstić information content (AvgIpc) is 2.41. The van der Waals surface area contributed by atoms with Crippen LogP contribution in [0.2, 0.25) is 5.02 Å². The summed E-state index contributed by atoms with van der Waals surface area (Å²) in [5.41, 5.74) is 6.38. The number of primary amides is 1. The summed E-state index contributed by atoms with van der Waals surface area (Å²) in [5.74, 6) is -1.71. The van der Waals surface area contributed by atoms with Crippen molar-refractivity contribution in [1.29, 1.82) is 0 Å². The molecule has 1 amide bonds. The normalized spacial score (nSPS) is 10.3. The van der Waals surface area contributed by atoms with Gasteiger partial charge in [-0.3, -0.25) is 4.79 Å². The van der Waals surface area contributed by atoms with Crippen molar-refractivity contribution in [3.63, 3.8) is 0 Å². The van der Waals surface area contributed by atoms with Crippen LogP contribution in [0.5, 0.6) is 5.75 Å². The maximum atomic E-state index is 13.2. The van der Waals surface area contributed by atoms with E-state index >= 15 is 0 Å². The van der Waals surface area contributed by atoms with Crippen LogP contribution in [0, 0.1) is 5.82 Å². The summed E-state index contributed by atoms with van der Waals surface area (Å²) in [6.45, 7) is 0.198. The molecule has 0 aliphatic carbocycles. The van der Waals surface area contributed by atoms with Gasteiger partial charge in [-0.15, -0.1) is 0 Å². The first-order valence-electron chi connectivity index (χ1n) is 5.78. The Bertz CT molecular complexity index is 662. The molecule has 0 spiro atoms. The van der Waals surface area contributed by atoms with Crippen molar-refractivity contribution in [3.8, 4) is 5.75 Å². The van der Waals surface area contributed by atoms with Gasteiger partial charge in [0.05, 0.1) is 10.6 Å². The molecule has 20 heavy (non-hydrogen) atoms. The topological polar surface area (TPSA) is 75.4 Å². The van der Waals surface area contributed by atoms with E-state index in [-0.39, 0.29) is 17.1 Å². The monoisotopic (exact) mass is 294 g/mol. The molecule has 6 heteroatoms. The van der Waals surface area contributed by atoms with Crippen LogP contribution in [0.3, 0.4) is 0 Å². The van der Waals surface area contributed by atoms with Gasteiger partial charge in [0.1, 0.15) is 0 Å². The zero-order valence-electron chi connectivity index (χ0n) is 10.4. The van der Waals surface area contributed by atoms with Gasteiger partial charge in [-0.25, -0.2) is 4.39 Å². The quantitative estimate of drug-likeness (QED) is 0.811. The lowest BCUT2D eigenvalue weighted by Crippen LogP contribution is -2.12. The first-order chi connectivity index (χ1) is 9.49. The van der Waals surface area contributed by atoms with Crippen LogP contribution >= 0.6 is 11.6 Å². The first-order valence-corrected chi connectivity index (χ1v) is 6.16. The molecule has 2 aromatic rings. The third kappa shape index (κ3) is 3.00. The van der Waals surface area contributed by atoms with E-state index in [0.717, 1.165) is 0 Å². The van der Waals surface area contributed by atoms with Crippen molar-refractivity contribution >= 4 is 23.2 Å². The molecule has 2 rings (SSSR count). The highest BCUT2D eigenvalue weighted by atomic mass is 35.5. The molecular weight excluding hydrogens is 283 g/mol. The van der Waals surface area contributed by atoms with Gasteiger partial charge in [0, 0.05) is 17.8 Å². The summed E-state index contributed by atoms with van der Waals surface area (Å²) in [6.07, 6.45) is 0. The van der Waals surface area contributed by atoms with Crippen molar-refractivity contribution in [3.05, 3.63) is 58.4 Å². The van der Waals surface area contributed by atoms with Gasteiger partial charge in [-0.1, -0.05) is 23.7 Å². The maximum absolute atomic E-state index is 13.2. The summed E-state index contributed by atoms with van der Waals surface area (Å²) in [6, 6.07) is 8.97. The van der Waals surface area contributed by atoms with E-state index in [1.807, 2.05) is 0 Å². The Balaban J connectivity index is 2.17. The van der Waals surface area contributed by atoms with Gasteiger partial charge in [0.2, 0.25) is 5.91 Å². The second-order valence-corrected chi connectivity index (χ2v) is 4.57. The SMILES string of the molecule is NC(=O)c1cc(NCc2cccc(F)c2O)ccc1Cl. The average molecular weight is 295 g/mol. The van der Waals surface area contributed by atoms with Crippen molar-refractivity contribution < 1.29 is 14.3 Å². The van der Waals surface area contributed by atoms with Gasteiger partial charge in [0.25, 0.3) is 0 Å². The number of amides is 1. The highest BCUT2D eigenvalue weighted by molar-refractivity contribution is 6.33. The number of hydrogen-bond donors (Lipinski definition) is 3. The van der Waals surface area contributed by atoms with E-state index in [2.05, 4.69) is 5.32 Å². The molecule has 0 saturated carbocycles. The predicted molar refractivity (Wildman–Crippen MR) is 75.4 cm³/mol. The Hall–Kier alpha value is -2.27. The van der Waals surface area contributed by atoms with Gasteiger partial charge < -0.3 is 16.2 Å². The lowest BCUT2D eigenvalue weighted by Gasteiger charge is -2.10. The molecule has 0 unspecified atom stereocenters. The van der Waals surface area contributed by atoms with Crippen LogP contribution in [-0.2, 0) is 6.54 Å². The van der Waals surface area contributed by atoms with E-state index in [9.17, 15) is 14.3 Å². The molecule has 0 aromatic heterocycles. The summed E-state index contributed by atoms with van der Waals surface area (Å²) in [5, 5.41) is 12.8. The third-order valence-electron chi connectivity index (χ3n) is 2.79. The number of benzene rings is 2. The van der Waals surface area contributed by atoms with E-state index in [4.69, 9.17) is 17.3 Å². The molecule has 104 valence electrons. The van der Waals surface area contributed by atoms with Crippen LogP contribution in [0.15, 0.2) is 36.4 Å². The molecule has 2 aromatic carbocycles. The number of nitrogens with one attached hydrogen (secondary N) is 1. The number of hydrogen-bond acceptors (Lipinski definition) is 3. The highest BCUT2D eigenvalue weighted by Gasteiger charge is 2.09. The molecule has 0 bridgehead atoms. The van der Waals surface area contributed by atoms with Gasteiger partial charge in [-0.05, 0) is 24.3 Å². The first kappa shape index (κ1) is 14.1. The standard InChI is InChI=1S/C14H12ClFN2O2/c15-11-5-4-9(6-10(11)14(17)20)18-7-8-2-1-3-12(16)13(8)19/h1-6,18-19H,7H2,(H2,17,20). The molecule has 4 N–H and O–H groups in total. The molecule has 4 nitrogen and oxygen atoms in total. The zero-order chi connectivity index (χ0) is 14.7. The number of anilines is 1. The molecule has 0 aliphatic rings. The van der Waals surface area contributed by atoms with E-state index in [1.165, 1.54) is 24.3 Å². The van der Waals surface area contributed by atoms with Crippen LogP contribution < -0.4 is 11.1 Å². The van der Waals surface area contributed by atoms with Crippen LogP contribution in [-0.4, -0.2) is 11.0 Å². The summed E-state index contributed by atoms with van der Waals surface area (Å²) in [7, 11) is 0. The van der Waals surface area contributed by atoms with Crippen molar-refractivity contribution in [1.82, 2.24) is 0 Å². The van der Waals surface area contributed by atoms with Gasteiger partial charge in [-0.2, -0.15) is 0 Å². The van der Waals surface area contributed by atoms with E-state index in [0.29, 0.717) is 11.3 Å². The Morgan fingerprint density at radius 2 is 2.10 bits per heavy atom. The minimum atomic E-state index is -0.682. The molecule has 0 saturated heterocycles.